The number of carbonyl (C=O) groups is 2. The number of hydrogen-bond acceptors (Lipinski definition) is 5. The van der Waals surface area contributed by atoms with Crippen molar-refractivity contribution in [1.82, 2.24) is 9.80 Å². The lowest BCUT2D eigenvalue weighted by molar-refractivity contribution is -0.134. The molecule has 1 unspecified atom stereocenters. The number of rotatable bonds is 5. The molecule has 2 N–H and O–H groups in total. The lowest BCUT2D eigenvalue weighted by atomic mass is 9.96. The predicted octanol–water partition coefficient (Wildman–Crippen LogP) is 6.04. The highest BCUT2D eigenvalue weighted by Crippen LogP contribution is 2.44. The third-order valence-electron chi connectivity index (χ3n) is 6.61. The number of piperazine rings is 1. The first-order valence-corrected chi connectivity index (χ1v) is 13.6. The van der Waals surface area contributed by atoms with Crippen LogP contribution in [0.2, 0.25) is 5.02 Å². The van der Waals surface area contributed by atoms with Crippen LogP contribution in [0.5, 0.6) is 0 Å². The molecule has 1 atom stereocenters. The minimum Gasteiger partial charge on any atom is -0.478 e. The van der Waals surface area contributed by atoms with Crippen molar-refractivity contribution in [2.45, 2.75) is 28.8 Å². The molecule has 11 heteroatoms. The van der Waals surface area contributed by atoms with E-state index in [1.807, 2.05) is 18.2 Å². The van der Waals surface area contributed by atoms with Crippen LogP contribution >= 0.6 is 23.4 Å². The fraction of sp³-hybridized carbons (Fsp3) is 0.241. The largest absolute Gasteiger partial charge is 0.478 e. The van der Waals surface area contributed by atoms with Gasteiger partial charge in [0.25, 0.3) is 0 Å². The summed E-state index contributed by atoms with van der Waals surface area (Å²) in [7, 11) is 0. The topological polar surface area (TPSA) is 81.1 Å². The van der Waals surface area contributed by atoms with Crippen molar-refractivity contribution in [3.8, 4) is 0 Å². The van der Waals surface area contributed by atoms with Gasteiger partial charge in [-0.15, -0.1) is 0 Å². The molecule has 1 fully saturated rings. The molecule has 0 radical (unpaired) electrons. The maximum absolute atomic E-state index is 14.3. The lowest BCUT2D eigenvalue weighted by Crippen LogP contribution is -2.47. The molecule has 2 aliphatic heterocycles. The van der Waals surface area contributed by atoms with Gasteiger partial charge in [-0.2, -0.15) is 0 Å². The zero-order chi connectivity index (χ0) is 28.8. The third kappa shape index (κ3) is 7.88. The normalized spacial score (nSPS) is 17.4. The standard InChI is InChI=1S/C25H22ClF3N2S.C4H4O4/c26-21-13-20-23(11-17-3-6-19(28)12-24(17)32-25(20)14-22(21)29)31-9-7-30(8-10-31)15-16-1-4-18(27)5-2-16;5-3(6)1-2-4(7)8/h1-6,12-14,23H,7-11,15H2;1-2H,(H,5,6)(H,7,8)/b;2-1+. The molecule has 0 aliphatic carbocycles. The fourth-order valence-electron chi connectivity index (χ4n) is 4.67. The lowest BCUT2D eigenvalue weighted by Gasteiger charge is -2.39. The molecule has 6 nitrogen and oxygen atoms in total. The second kappa shape index (κ2) is 13.4. The zero-order valence-electron chi connectivity index (χ0n) is 21.2. The molecule has 40 heavy (non-hydrogen) atoms. The van der Waals surface area contributed by atoms with Crippen molar-refractivity contribution in [3.05, 3.63) is 106 Å². The summed E-state index contributed by atoms with van der Waals surface area (Å²) in [5.74, 6) is -3.49. The summed E-state index contributed by atoms with van der Waals surface area (Å²) in [6.45, 7) is 4.23. The van der Waals surface area contributed by atoms with Gasteiger partial charge in [-0.1, -0.05) is 41.6 Å². The molecule has 0 bridgehead atoms. The van der Waals surface area contributed by atoms with E-state index in [0.29, 0.717) is 12.2 Å². The number of nitrogens with zero attached hydrogens (tertiary/aromatic N) is 2. The van der Waals surface area contributed by atoms with E-state index >= 15 is 0 Å². The first-order chi connectivity index (χ1) is 19.1. The Balaban J connectivity index is 0.000000406. The molecule has 0 amide bonds. The van der Waals surface area contributed by atoms with Gasteiger partial charge >= 0.3 is 11.9 Å². The van der Waals surface area contributed by atoms with Crippen LogP contribution in [-0.4, -0.2) is 58.1 Å². The van der Waals surface area contributed by atoms with Crippen LogP contribution in [-0.2, 0) is 22.6 Å². The number of carboxylic acid groups (broad SMARTS) is 2. The highest BCUT2D eigenvalue weighted by Gasteiger charge is 2.31. The van der Waals surface area contributed by atoms with Crippen molar-refractivity contribution in [1.29, 1.82) is 0 Å². The molecule has 2 heterocycles. The number of fused-ring (bicyclic) bond motifs is 2. The quantitative estimate of drug-likeness (QED) is 0.351. The average Bonchev–Trinajstić information content (AvgIpc) is 3.06. The van der Waals surface area contributed by atoms with Crippen LogP contribution < -0.4 is 0 Å². The molecule has 0 spiro atoms. The predicted molar refractivity (Wildman–Crippen MR) is 146 cm³/mol. The molecule has 1 saturated heterocycles. The highest BCUT2D eigenvalue weighted by molar-refractivity contribution is 7.99. The van der Waals surface area contributed by atoms with E-state index in [1.54, 1.807) is 6.07 Å². The minimum atomic E-state index is -1.26. The summed E-state index contributed by atoms with van der Waals surface area (Å²) in [6.07, 6.45) is 1.83. The van der Waals surface area contributed by atoms with Gasteiger partial charge in [-0.3, -0.25) is 9.80 Å². The molecule has 3 aromatic rings. The van der Waals surface area contributed by atoms with Gasteiger partial charge < -0.3 is 10.2 Å². The van der Waals surface area contributed by atoms with Gasteiger partial charge in [0.15, 0.2) is 0 Å². The number of carboxylic acids is 2. The zero-order valence-corrected chi connectivity index (χ0v) is 22.8. The summed E-state index contributed by atoms with van der Waals surface area (Å²) in [4.78, 5) is 25.5. The number of hydrogen-bond donors (Lipinski definition) is 2. The van der Waals surface area contributed by atoms with E-state index in [4.69, 9.17) is 21.8 Å². The van der Waals surface area contributed by atoms with Crippen molar-refractivity contribution < 1.29 is 33.0 Å². The van der Waals surface area contributed by atoms with Crippen molar-refractivity contribution in [2.24, 2.45) is 0 Å². The summed E-state index contributed by atoms with van der Waals surface area (Å²) >= 11 is 7.57. The molecule has 0 saturated carbocycles. The van der Waals surface area contributed by atoms with Crippen molar-refractivity contribution >= 4 is 35.3 Å². The van der Waals surface area contributed by atoms with Gasteiger partial charge in [0.05, 0.1) is 5.02 Å². The van der Waals surface area contributed by atoms with Gasteiger partial charge in [-0.05, 0) is 59.5 Å². The Morgan fingerprint density at radius 2 is 1.50 bits per heavy atom. The molecule has 0 aromatic heterocycles. The Morgan fingerprint density at radius 3 is 2.12 bits per heavy atom. The Hall–Kier alpha value is -3.31. The van der Waals surface area contributed by atoms with Crippen LogP contribution in [0, 0.1) is 17.5 Å². The van der Waals surface area contributed by atoms with Crippen molar-refractivity contribution in [2.75, 3.05) is 26.2 Å². The van der Waals surface area contributed by atoms with E-state index in [9.17, 15) is 22.8 Å². The Morgan fingerprint density at radius 1 is 0.875 bits per heavy atom. The summed E-state index contributed by atoms with van der Waals surface area (Å²) < 4.78 is 41.4. The number of aliphatic carboxylic acids is 2. The Kier molecular flexibility index (Phi) is 9.91. The average molecular weight is 591 g/mol. The number of halogens is 4. The van der Waals surface area contributed by atoms with E-state index in [2.05, 4.69) is 9.80 Å². The number of benzene rings is 3. The molecule has 2 aliphatic rings. The van der Waals surface area contributed by atoms with Gasteiger partial charge in [0, 0.05) is 60.7 Å². The SMILES string of the molecule is Fc1ccc(CN2CCN(C3Cc4ccc(F)cc4Sc4cc(F)c(Cl)cc43)CC2)cc1.O=C(O)/C=C/C(=O)O. The molecule has 3 aromatic carbocycles. The molecule has 210 valence electrons. The summed E-state index contributed by atoms with van der Waals surface area (Å²) in [6, 6.07) is 14.7. The molecular weight excluding hydrogens is 565 g/mol. The second-order valence-electron chi connectivity index (χ2n) is 9.33. The van der Waals surface area contributed by atoms with E-state index < -0.39 is 17.8 Å². The van der Waals surface area contributed by atoms with Crippen LogP contribution in [0.25, 0.3) is 0 Å². The maximum atomic E-state index is 14.3. The van der Waals surface area contributed by atoms with E-state index in [0.717, 1.165) is 65.6 Å². The van der Waals surface area contributed by atoms with Crippen LogP contribution in [0.3, 0.4) is 0 Å². The maximum Gasteiger partial charge on any atom is 0.328 e. The van der Waals surface area contributed by atoms with Gasteiger partial charge in [0.2, 0.25) is 0 Å². The minimum absolute atomic E-state index is 0.0373. The van der Waals surface area contributed by atoms with Crippen LogP contribution in [0.15, 0.2) is 76.5 Å². The molecule has 5 rings (SSSR count). The van der Waals surface area contributed by atoms with E-state index in [1.165, 1.54) is 42.1 Å². The monoisotopic (exact) mass is 590 g/mol. The van der Waals surface area contributed by atoms with Crippen molar-refractivity contribution in [3.63, 3.8) is 0 Å². The van der Waals surface area contributed by atoms with Crippen LogP contribution in [0.4, 0.5) is 13.2 Å². The van der Waals surface area contributed by atoms with Gasteiger partial charge in [0.1, 0.15) is 17.5 Å². The fourth-order valence-corrected chi connectivity index (χ4v) is 6.01. The summed E-state index contributed by atoms with van der Waals surface area (Å²) in [5.41, 5.74) is 3.14. The van der Waals surface area contributed by atoms with E-state index in [-0.39, 0.29) is 22.7 Å². The Bertz CT molecular complexity index is 1400. The molecular formula is C29H26ClF3N2O4S. The van der Waals surface area contributed by atoms with Gasteiger partial charge in [-0.25, -0.2) is 22.8 Å². The smallest absolute Gasteiger partial charge is 0.328 e. The third-order valence-corrected chi connectivity index (χ3v) is 8.07. The Labute approximate surface area is 238 Å². The first kappa shape index (κ1) is 29.7. The highest BCUT2D eigenvalue weighted by atomic mass is 35.5. The summed E-state index contributed by atoms with van der Waals surface area (Å²) in [5, 5.41) is 15.7. The first-order valence-electron chi connectivity index (χ1n) is 12.4. The second-order valence-corrected chi connectivity index (χ2v) is 10.8. The van der Waals surface area contributed by atoms with Crippen LogP contribution in [0.1, 0.15) is 22.7 Å².